The largest absolute Gasteiger partial charge is 0.446 e. The van der Waals surface area contributed by atoms with Gasteiger partial charge in [-0.05, 0) is 23.9 Å². The molecule has 1 aromatic carbocycles. The Morgan fingerprint density at radius 3 is 2.75 bits per heavy atom. The molecular formula is C9H6ClF3N2S. The maximum absolute atomic E-state index is 12.3. The number of aromatic amines is 1. The highest BCUT2D eigenvalue weighted by Gasteiger charge is 2.30. The Hall–Kier alpha value is -0.880. The molecule has 2 aromatic rings. The molecule has 2 rings (SSSR count). The molecule has 0 fully saturated rings. The van der Waals surface area contributed by atoms with E-state index in [-0.39, 0.29) is 22.5 Å². The van der Waals surface area contributed by atoms with Crippen LogP contribution in [0.5, 0.6) is 0 Å². The van der Waals surface area contributed by atoms with Gasteiger partial charge in [0.15, 0.2) is 0 Å². The smallest absolute Gasteiger partial charge is 0.345 e. The van der Waals surface area contributed by atoms with Gasteiger partial charge in [0.1, 0.15) is 0 Å². The van der Waals surface area contributed by atoms with E-state index in [1.54, 1.807) is 6.07 Å². The Morgan fingerprint density at radius 2 is 2.12 bits per heavy atom. The van der Waals surface area contributed by atoms with Crippen LogP contribution in [0, 0.1) is 0 Å². The number of H-pyrrole nitrogens is 1. The lowest BCUT2D eigenvalue weighted by atomic mass is 10.2. The SMILES string of the molecule is FC(F)(F)Sc1ccc2[nH]cnc2c1CCl. The van der Waals surface area contributed by atoms with Crippen molar-refractivity contribution in [3.8, 4) is 0 Å². The summed E-state index contributed by atoms with van der Waals surface area (Å²) in [6.07, 6.45) is 1.43. The Kier molecular flexibility index (Phi) is 3.03. The first-order valence-corrected chi connectivity index (χ1v) is 5.63. The molecule has 0 aliphatic carbocycles. The van der Waals surface area contributed by atoms with Crippen molar-refractivity contribution in [1.82, 2.24) is 9.97 Å². The third-order valence-electron chi connectivity index (χ3n) is 2.01. The maximum atomic E-state index is 12.3. The topological polar surface area (TPSA) is 28.7 Å². The number of halogens is 4. The van der Waals surface area contributed by atoms with Gasteiger partial charge in [-0.25, -0.2) is 4.98 Å². The molecule has 1 aromatic heterocycles. The van der Waals surface area contributed by atoms with Gasteiger partial charge in [-0.15, -0.1) is 11.6 Å². The summed E-state index contributed by atoms with van der Waals surface area (Å²) in [7, 11) is 0. The summed E-state index contributed by atoms with van der Waals surface area (Å²) < 4.78 is 36.8. The van der Waals surface area contributed by atoms with Crippen LogP contribution >= 0.6 is 23.4 Å². The van der Waals surface area contributed by atoms with Crippen molar-refractivity contribution in [1.29, 1.82) is 0 Å². The number of nitrogens with zero attached hydrogens (tertiary/aromatic N) is 1. The van der Waals surface area contributed by atoms with Crippen LogP contribution in [0.4, 0.5) is 13.2 Å². The van der Waals surface area contributed by atoms with Crippen LogP contribution in [-0.2, 0) is 5.88 Å². The highest BCUT2D eigenvalue weighted by molar-refractivity contribution is 8.00. The maximum Gasteiger partial charge on any atom is 0.446 e. The summed E-state index contributed by atoms with van der Waals surface area (Å²) in [6.45, 7) is 0. The van der Waals surface area contributed by atoms with Crippen molar-refractivity contribution in [3.05, 3.63) is 24.0 Å². The summed E-state index contributed by atoms with van der Waals surface area (Å²) in [5.74, 6) is 0.000602. The van der Waals surface area contributed by atoms with Crippen LogP contribution in [0.1, 0.15) is 5.56 Å². The third-order valence-corrected chi connectivity index (χ3v) is 3.11. The standard InChI is InChI=1S/C9H6ClF3N2S/c10-3-5-7(16-9(11,12)13)2-1-6-8(5)15-4-14-6/h1-2,4H,3H2,(H,14,15). The Bertz CT molecular complexity index is 509. The lowest BCUT2D eigenvalue weighted by molar-refractivity contribution is -0.0328. The van der Waals surface area contributed by atoms with Crippen LogP contribution < -0.4 is 0 Å². The molecule has 1 heterocycles. The van der Waals surface area contributed by atoms with Crippen molar-refractivity contribution in [3.63, 3.8) is 0 Å². The second kappa shape index (κ2) is 4.18. The number of hydrogen-bond donors (Lipinski definition) is 1. The normalized spacial score (nSPS) is 12.2. The number of fused-ring (bicyclic) bond motifs is 1. The summed E-state index contributed by atoms with van der Waals surface area (Å²) >= 11 is 5.49. The lowest BCUT2D eigenvalue weighted by Gasteiger charge is -2.09. The summed E-state index contributed by atoms with van der Waals surface area (Å²) in [5, 5.41) is 0. The van der Waals surface area contributed by atoms with Gasteiger partial charge in [-0.1, -0.05) is 0 Å². The van der Waals surface area contributed by atoms with E-state index >= 15 is 0 Å². The fourth-order valence-corrected chi connectivity index (χ4v) is 2.42. The van der Waals surface area contributed by atoms with Gasteiger partial charge < -0.3 is 4.98 Å². The molecule has 0 bridgehead atoms. The number of alkyl halides is 4. The minimum Gasteiger partial charge on any atom is -0.345 e. The van der Waals surface area contributed by atoms with E-state index in [0.29, 0.717) is 16.6 Å². The van der Waals surface area contributed by atoms with Gasteiger partial charge in [0.25, 0.3) is 0 Å². The number of thioether (sulfide) groups is 1. The molecule has 86 valence electrons. The first-order chi connectivity index (χ1) is 7.51. The van der Waals surface area contributed by atoms with Gasteiger partial charge in [0.05, 0.1) is 23.2 Å². The van der Waals surface area contributed by atoms with Crippen molar-refractivity contribution in [2.75, 3.05) is 0 Å². The monoisotopic (exact) mass is 266 g/mol. The van der Waals surface area contributed by atoms with Gasteiger partial charge in [-0.3, -0.25) is 0 Å². The quantitative estimate of drug-likeness (QED) is 0.659. The van der Waals surface area contributed by atoms with Crippen molar-refractivity contribution in [2.24, 2.45) is 0 Å². The van der Waals surface area contributed by atoms with E-state index in [0.717, 1.165) is 0 Å². The molecule has 0 aliphatic rings. The van der Waals surface area contributed by atoms with Crippen molar-refractivity contribution >= 4 is 34.4 Å². The molecule has 0 saturated heterocycles. The number of aromatic nitrogens is 2. The van der Waals surface area contributed by atoms with Crippen LogP contribution in [0.2, 0.25) is 0 Å². The number of imidazole rings is 1. The Labute approximate surface area is 98.2 Å². The molecule has 0 unspecified atom stereocenters. The molecule has 1 N–H and O–H groups in total. The first-order valence-electron chi connectivity index (χ1n) is 4.28. The molecule has 0 radical (unpaired) electrons. The van der Waals surface area contributed by atoms with Gasteiger partial charge in [0, 0.05) is 10.5 Å². The second-order valence-corrected chi connectivity index (χ2v) is 4.40. The summed E-state index contributed by atoms with van der Waals surface area (Å²) in [4.78, 5) is 6.88. The van der Waals surface area contributed by atoms with Gasteiger partial charge >= 0.3 is 5.51 Å². The minimum atomic E-state index is -4.31. The molecule has 0 spiro atoms. The number of rotatable bonds is 2. The van der Waals surface area contributed by atoms with E-state index in [1.165, 1.54) is 12.4 Å². The predicted molar refractivity (Wildman–Crippen MR) is 57.6 cm³/mol. The first kappa shape index (κ1) is 11.6. The van der Waals surface area contributed by atoms with Crippen molar-refractivity contribution < 1.29 is 13.2 Å². The van der Waals surface area contributed by atoms with E-state index in [2.05, 4.69) is 9.97 Å². The number of benzene rings is 1. The number of nitrogens with one attached hydrogen (secondary N) is 1. The fourth-order valence-electron chi connectivity index (χ4n) is 1.40. The average Bonchev–Trinajstić information content (AvgIpc) is 2.62. The van der Waals surface area contributed by atoms with Crippen LogP contribution in [-0.4, -0.2) is 15.5 Å². The Morgan fingerprint density at radius 1 is 1.38 bits per heavy atom. The zero-order chi connectivity index (χ0) is 11.8. The molecular weight excluding hydrogens is 261 g/mol. The molecule has 16 heavy (non-hydrogen) atoms. The van der Waals surface area contributed by atoms with Crippen molar-refractivity contribution in [2.45, 2.75) is 16.3 Å². The zero-order valence-electron chi connectivity index (χ0n) is 7.81. The van der Waals surface area contributed by atoms with Crippen LogP contribution in [0.25, 0.3) is 11.0 Å². The highest BCUT2D eigenvalue weighted by atomic mass is 35.5. The van der Waals surface area contributed by atoms with Gasteiger partial charge in [-0.2, -0.15) is 13.2 Å². The predicted octanol–water partition coefficient (Wildman–Crippen LogP) is 3.91. The molecule has 0 saturated carbocycles. The minimum absolute atomic E-state index is 0.000602. The Balaban J connectivity index is 2.52. The van der Waals surface area contributed by atoms with E-state index < -0.39 is 5.51 Å². The summed E-state index contributed by atoms with van der Waals surface area (Å²) in [6, 6.07) is 2.96. The average molecular weight is 267 g/mol. The van der Waals surface area contributed by atoms with Crippen LogP contribution in [0.15, 0.2) is 23.4 Å². The van der Waals surface area contributed by atoms with E-state index in [1.807, 2.05) is 0 Å². The fraction of sp³-hybridized carbons (Fsp3) is 0.222. The molecule has 0 amide bonds. The molecule has 7 heteroatoms. The number of hydrogen-bond acceptors (Lipinski definition) is 2. The lowest BCUT2D eigenvalue weighted by Crippen LogP contribution is -2.01. The van der Waals surface area contributed by atoms with Crippen LogP contribution in [0.3, 0.4) is 0 Å². The molecule has 0 atom stereocenters. The highest BCUT2D eigenvalue weighted by Crippen LogP contribution is 2.40. The van der Waals surface area contributed by atoms with E-state index in [9.17, 15) is 13.2 Å². The third kappa shape index (κ3) is 2.27. The second-order valence-electron chi connectivity index (χ2n) is 3.02. The zero-order valence-corrected chi connectivity index (χ0v) is 9.38. The molecule has 2 nitrogen and oxygen atoms in total. The summed E-state index contributed by atoms with van der Waals surface area (Å²) in [5.41, 5.74) is -2.74. The molecule has 0 aliphatic heterocycles. The van der Waals surface area contributed by atoms with Gasteiger partial charge in [0.2, 0.25) is 0 Å². The van der Waals surface area contributed by atoms with E-state index in [4.69, 9.17) is 11.6 Å².